The van der Waals surface area contributed by atoms with Crippen LogP contribution in [0.3, 0.4) is 0 Å². The summed E-state index contributed by atoms with van der Waals surface area (Å²) in [4.78, 5) is 16.7. The summed E-state index contributed by atoms with van der Waals surface area (Å²) < 4.78 is 20.7. The molecule has 1 saturated heterocycles. The fraction of sp³-hybridized carbons (Fsp3) is 0.438. The van der Waals surface area contributed by atoms with Gasteiger partial charge in [-0.25, -0.2) is 14.1 Å². The van der Waals surface area contributed by atoms with Crippen molar-refractivity contribution in [3.8, 4) is 5.82 Å². The van der Waals surface area contributed by atoms with E-state index in [0.717, 1.165) is 25.7 Å². The molecule has 0 spiro atoms. The predicted molar refractivity (Wildman–Crippen MR) is 80.6 cm³/mol. The second kappa shape index (κ2) is 5.42. The molecule has 1 aliphatic heterocycles. The van der Waals surface area contributed by atoms with Crippen molar-refractivity contribution in [2.24, 2.45) is 5.41 Å². The highest BCUT2D eigenvalue weighted by atomic mass is 19.1. The summed E-state index contributed by atoms with van der Waals surface area (Å²) in [6.45, 7) is 0.631. The van der Waals surface area contributed by atoms with E-state index in [1.807, 2.05) is 0 Å². The van der Waals surface area contributed by atoms with Gasteiger partial charge in [0.25, 0.3) is 0 Å². The van der Waals surface area contributed by atoms with Crippen LogP contribution in [0, 0.1) is 11.2 Å². The van der Waals surface area contributed by atoms with Gasteiger partial charge in [-0.1, -0.05) is 0 Å². The number of carbonyl (C=O) groups is 1. The summed E-state index contributed by atoms with van der Waals surface area (Å²) in [5, 5.41) is 7.06. The molecule has 1 amide bonds. The third-order valence-corrected chi connectivity index (χ3v) is 4.81. The summed E-state index contributed by atoms with van der Waals surface area (Å²) in [7, 11) is 0. The molecule has 2 atom stereocenters. The molecule has 120 valence electrons. The van der Waals surface area contributed by atoms with Crippen molar-refractivity contribution < 1.29 is 13.9 Å². The van der Waals surface area contributed by atoms with Crippen LogP contribution in [0.1, 0.15) is 25.7 Å². The molecule has 0 bridgehead atoms. The lowest BCUT2D eigenvalue weighted by Crippen LogP contribution is -2.39. The van der Waals surface area contributed by atoms with Gasteiger partial charge in [0, 0.05) is 25.1 Å². The van der Waals surface area contributed by atoms with Gasteiger partial charge in [-0.3, -0.25) is 4.79 Å². The lowest BCUT2D eigenvalue weighted by molar-refractivity contribution is -0.127. The molecule has 2 aromatic heterocycles. The first-order chi connectivity index (χ1) is 11.2. The highest BCUT2D eigenvalue weighted by Crippen LogP contribution is 2.48. The number of hydrogen-bond donors (Lipinski definition) is 1. The molecule has 1 saturated carbocycles. The molecule has 2 aromatic rings. The molecule has 1 aliphatic carbocycles. The SMILES string of the molecule is O=C(Nc1ccn(-c2ncccc2F)n1)[C@]12CCC[C@H]1OCC2. The van der Waals surface area contributed by atoms with Crippen LogP contribution < -0.4 is 5.32 Å². The molecule has 0 unspecified atom stereocenters. The van der Waals surface area contributed by atoms with E-state index in [2.05, 4.69) is 15.4 Å². The minimum absolute atomic E-state index is 0.0119. The maximum atomic E-state index is 13.7. The third-order valence-electron chi connectivity index (χ3n) is 4.81. The van der Waals surface area contributed by atoms with E-state index in [1.165, 1.54) is 23.0 Å². The van der Waals surface area contributed by atoms with Crippen molar-refractivity contribution in [1.82, 2.24) is 14.8 Å². The average Bonchev–Trinajstić information content (AvgIpc) is 3.22. The molecular weight excluding hydrogens is 299 g/mol. The Kier molecular flexibility index (Phi) is 3.37. The smallest absolute Gasteiger partial charge is 0.234 e. The minimum Gasteiger partial charge on any atom is -0.377 e. The number of fused-ring (bicyclic) bond motifs is 1. The van der Waals surface area contributed by atoms with E-state index in [4.69, 9.17) is 4.74 Å². The number of nitrogens with one attached hydrogen (secondary N) is 1. The van der Waals surface area contributed by atoms with Crippen LogP contribution in [0.4, 0.5) is 10.2 Å². The number of hydrogen-bond acceptors (Lipinski definition) is 4. The van der Waals surface area contributed by atoms with Gasteiger partial charge in [0.2, 0.25) is 5.91 Å². The number of anilines is 1. The Morgan fingerprint density at radius 3 is 3.22 bits per heavy atom. The standard InChI is InChI=1S/C16H17FN4O2/c17-11-3-2-8-18-14(11)21-9-5-13(20-21)19-15(22)16-6-1-4-12(16)23-10-7-16/h2-3,5,8-9,12H,1,4,6-7,10H2,(H,19,20,22)/t12-,16+/m1/s1. The summed E-state index contributed by atoms with van der Waals surface area (Å²) in [6.07, 6.45) is 6.62. The highest BCUT2D eigenvalue weighted by Gasteiger charge is 2.53. The quantitative estimate of drug-likeness (QED) is 0.943. The topological polar surface area (TPSA) is 69.0 Å². The lowest BCUT2D eigenvalue weighted by atomic mass is 9.82. The van der Waals surface area contributed by atoms with Gasteiger partial charge >= 0.3 is 0 Å². The number of amides is 1. The number of halogens is 1. The number of carbonyl (C=O) groups excluding carboxylic acids is 1. The fourth-order valence-corrected chi connectivity index (χ4v) is 3.62. The largest absolute Gasteiger partial charge is 0.377 e. The van der Waals surface area contributed by atoms with E-state index in [1.54, 1.807) is 12.3 Å². The first-order valence-electron chi connectivity index (χ1n) is 7.79. The second-order valence-corrected chi connectivity index (χ2v) is 6.07. The lowest BCUT2D eigenvalue weighted by Gasteiger charge is -2.25. The summed E-state index contributed by atoms with van der Waals surface area (Å²) in [6, 6.07) is 4.48. The van der Waals surface area contributed by atoms with Gasteiger partial charge in [-0.05, 0) is 37.8 Å². The van der Waals surface area contributed by atoms with Gasteiger partial charge in [0.15, 0.2) is 17.5 Å². The maximum Gasteiger partial charge on any atom is 0.234 e. The Balaban J connectivity index is 1.54. The molecule has 23 heavy (non-hydrogen) atoms. The number of aromatic nitrogens is 3. The number of rotatable bonds is 3. The summed E-state index contributed by atoms with van der Waals surface area (Å²) >= 11 is 0. The van der Waals surface area contributed by atoms with Gasteiger partial charge in [0.1, 0.15) is 0 Å². The first kappa shape index (κ1) is 14.3. The van der Waals surface area contributed by atoms with Crippen molar-refractivity contribution in [1.29, 1.82) is 0 Å². The number of nitrogens with zero attached hydrogens (tertiary/aromatic N) is 3. The van der Waals surface area contributed by atoms with Gasteiger partial charge < -0.3 is 10.1 Å². The maximum absolute atomic E-state index is 13.7. The van der Waals surface area contributed by atoms with Gasteiger partial charge in [-0.2, -0.15) is 0 Å². The summed E-state index contributed by atoms with van der Waals surface area (Å²) in [5.41, 5.74) is -0.431. The zero-order valence-corrected chi connectivity index (χ0v) is 12.5. The van der Waals surface area contributed by atoms with Gasteiger partial charge in [-0.15, -0.1) is 5.10 Å². The third kappa shape index (κ3) is 2.31. The predicted octanol–water partition coefficient (Wildman–Crippen LogP) is 2.30. The second-order valence-electron chi connectivity index (χ2n) is 6.07. The first-order valence-corrected chi connectivity index (χ1v) is 7.79. The van der Waals surface area contributed by atoms with Crippen molar-refractivity contribution in [3.63, 3.8) is 0 Å². The Hall–Kier alpha value is -2.28. The van der Waals surface area contributed by atoms with E-state index in [9.17, 15) is 9.18 Å². The molecule has 3 heterocycles. The van der Waals surface area contributed by atoms with Crippen LogP contribution in [-0.4, -0.2) is 33.4 Å². The molecule has 2 fully saturated rings. The molecule has 2 aliphatic rings. The highest BCUT2D eigenvalue weighted by molar-refractivity contribution is 5.95. The van der Waals surface area contributed by atoms with Crippen molar-refractivity contribution in [2.75, 3.05) is 11.9 Å². The normalized spacial score (nSPS) is 26.2. The monoisotopic (exact) mass is 316 g/mol. The number of ether oxygens (including phenoxy) is 1. The van der Waals surface area contributed by atoms with Crippen LogP contribution in [0.25, 0.3) is 5.82 Å². The van der Waals surface area contributed by atoms with Crippen LogP contribution in [0.15, 0.2) is 30.6 Å². The van der Waals surface area contributed by atoms with E-state index in [-0.39, 0.29) is 17.8 Å². The molecule has 7 heteroatoms. The summed E-state index contributed by atoms with van der Waals surface area (Å²) in [5.74, 6) is -0.0163. The van der Waals surface area contributed by atoms with Gasteiger partial charge in [0.05, 0.1) is 11.5 Å². The Bertz CT molecular complexity index is 735. The Labute approximate surface area is 132 Å². The van der Waals surface area contributed by atoms with Crippen molar-refractivity contribution in [2.45, 2.75) is 31.8 Å². The molecule has 1 N–H and O–H groups in total. The Morgan fingerprint density at radius 2 is 2.35 bits per heavy atom. The van der Waals surface area contributed by atoms with E-state index < -0.39 is 11.2 Å². The fourth-order valence-electron chi connectivity index (χ4n) is 3.62. The number of pyridine rings is 1. The Morgan fingerprint density at radius 1 is 1.43 bits per heavy atom. The van der Waals surface area contributed by atoms with Crippen LogP contribution in [0.5, 0.6) is 0 Å². The molecular formula is C16H17FN4O2. The minimum atomic E-state index is -0.466. The zero-order chi connectivity index (χ0) is 15.9. The van der Waals surface area contributed by atoms with Crippen molar-refractivity contribution in [3.05, 3.63) is 36.4 Å². The molecule has 6 nitrogen and oxygen atoms in total. The van der Waals surface area contributed by atoms with Crippen LogP contribution in [0.2, 0.25) is 0 Å². The molecule has 0 aromatic carbocycles. The molecule has 4 rings (SSSR count). The zero-order valence-electron chi connectivity index (χ0n) is 12.5. The molecule has 0 radical (unpaired) electrons. The van der Waals surface area contributed by atoms with E-state index in [0.29, 0.717) is 12.4 Å². The van der Waals surface area contributed by atoms with Crippen LogP contribution >= 0.6 is 0 Å². The average molecular weight is 316 g/mol. The van der Waals surface area contributed by atoms with Crippen molar-refractivity contribution >= 4 is 11.7 Å². The van der Waals surface area contributed by atoms with Crippen LogP contribution in [-0.2, 0) is 9.53 Å². The van der Waals surface area contributed by atoms with E-state index >= 15 is 0 Å².